The van der Waals surface area contributed by atoms with E-state index in [2.05, 4.69) is 20.2 Å². The highest BCUT2D eigenvalue weighted by atomic mass is 35.5. The molecule has 0 saturated carbocycles. The highest BCUT2D eigenvalue weighted by Crippen LogP contribution is 2.00. The highest BCUT2D eigenvalue weighted by Gasteiger charge is 2.07. The number of rotatable bonds is 7. The van der Waals surface area contributed by atoms with E-state index in [1.54, 1.807) is 7.11 Å². The van der Waals surface area contributed by atoms with Crippen molar-refractivity contribution in [1.82, 2.24) is 20.2 Å². The van der Waals surface area contributed by atoms with E-state index in [1.807, 2.05) is 7.05 Å². The van der Waals surface area contributed by atoms with E-state index in [4.69, 9.17) is 16.3 Å². The van der Waals surface area contributed by atoms with Crippen LogP contribution >= 0.6 is 11.6 Å². The summed E-state index contributed by atoms with van der Waals surface area (Å²) in [6, 6.07) is 0. The molecule has 1 rings (SSSR count). The van der Waals surface area contributed by atoms with Crippen LogP contribution in [0.3, 0.4) is 0 Å². The number of carbonyl (C=O) groups is 1. The number of likely N-dealkylation sites (N-methyl/N-ethyl adjacent to an activating group) is 1. The molecule has 18 heavy (non-hydrogen) atoms. The lowest BCUT2D eigenvalue weighted by Gasteiger charge is -2.15. The lowest BCUT2D eigenvalue weighted by molar-refractivity contribution is 0.0942. The van der Waals surface area contributed by atoms with E-state index >= 15 is 0 Å². The minimum Gasteiger partial charge on any atom is -0.383 e. The van der Waals surface area contributed by atoms with Crippen molar-refractivity contribution < 1.29 is 9.53 Å². The Hall–Kier alpha value is -1.24. The molecule has 7 heteroatoms. The fourth-order valence-electron chi connectivity index (χ4n) is 1.24. The Labute approximate surface area is 111 Å². The number of hydrogen-bond acceptors (Lipinski definition) is 5. The Kier molecular flexibility index (Phi) is 6.56. The number of amides is 1. The van der Waals surface area contributed by atoms with Crippen molar-refractivity contribution in [3.8, 4) is 0 Å². The summed E-state index contributed by atoms with van der Waals surface area (Å²) in [4.78, 5) is 21.4. The molecule has 1 heterocycles. The van der Waals surface area contributed by atoms with Crippen LogP contribution in [0.4, 0.5) is 0 Å². The highest BCUT2D eigenvalue weighted by molar-refractivity contribution is 6.29. The predicted octanol–water partition coefficient (Wildman–Crippen LogP) is 0.438. The molecule has 1 aromatic rings. The van der Waals surface area contributed by atoms with Gasteiger partial charge in [0.1, 0.15) is 10.8 Å². The van der Waals surface area contributed by atoms with Crippen molar-refractivity contribution >= 4 is 17.5 Å². The van der Waals surface area contributed by atoms with Gasteiger partial charge in [0.05, 0.1) is 19.0 Å². The number of halogens is 1. The average Bonchev–Trinajstić information content (AvgIpc) is 2.37. The van der Waals surface area contributed by atoms with Crippen LogP contribution in [0.25, 0.3) is 0 Å². The molecule has 6 nitrogen and oxygen atoms in total. The van der Waals surface area contributed by atoms with Crippen LogP contribution in [0.2, 0.25) is 5.15 Å². The van der Waals surface area contributed by atoms with E-state index in [1.165, 1.54) is 12.4 Å². The predicted molar refractivity (Wildman–Crippen MR) is 68.7 cm³/mol. The molecule has 0 aliphatic rings. The van der Waals surface area contributed by atoms with Gasteiger partial charge in [-0.15, -0.1) is 0 Å². The molecule has 0 fully saturated rings. The quantitative estimate of drug-likeness (QED) is 0.780. The molecular formula is C11H17ClN4O2. The first-order valence-corrected chi connectivity index (χ1v) is 5.94. The van der Waals surface area contributed by atoms with Gasteiger partial charge >= 0.3 is 0 Å². The van der Waals surface area contributed by atoms with E-state index < -0.39 is 0 Å². The molecule has 0 bridgehead atoms. The standard InChI is InChI=1S/C11H17ClN4O2/c1-16(5-6-18-2)4-3-13-11(17)9-7-15-10(12)8-14-9/h7-8H,3-6H2,1-2H3,(H,13,17). The maximum absolute atomic E-state index is 11.7. The Morgan fingerprint density at radius 2 is 2.22 bits per heavy atom. The third kappa shape index (κ3) is 5.39. The smallest absolute Gasteiger partial charge is 0.271 e. The molecule has 0 saturated heterocycles. The fraction of sp³-hybridized carbons (Fsp3) is 0.545. The second kappa shape index (κ2) is 7.97. The van der Waals surface area contributed by atoms with E-state index in [-0.39, 0.29) is 16.8 Å². The lowest BCUT2D eigenvalue weighted by Crippen LogP contribution is -2.34. The van der Waals surface area contributed by atoms with Crippen molar-refractivity contribution in [2.24, 2.45) is 0 Å². The van der Waals surface area contributed by atoms with Gasteiger partial charge in [-0.3, -0.25) is 4.79 Å². The topological polar surface area (TPSA) is 67.3 Å². The minimum atomic E-state index is -0.251. The summed E-state index contributed by atoms with van der Waals surface area (Å²) in [5.74, 6) is -0.251. The number of aromatic nitrogens is 2. The molecule has 0 spiro atoms. The average molecular weight is 273 g/mol. The molecule has 1 amide bonds. The first kappa shape index (κ1) is 14.8. The number of carbonyl (C=O) groups excluding carboxylic acids is 1. The maximum atomic E-state index is 11.7. The molecular weight excluding hydrogens is 256 g/mol. The van der Waals surface area contributed by atoms with Crippen molar-refractivity contribution in [3.63, 3.8) is 0 Å². The Balaban J connectivity index is 2.27. The first-order chi connectivity index (χ1) is 8.63. The van der Waals surface area contributed by atoms with Gasteiger partial charge in [-0.2, -0.15) is 0 Å². The van der Waals surface area contributed by atoms with Crippen LogP contribution in [0.5, 0.6) is 0 Å². The zero-order valence-electron chi connectivity index (χ0n) is 10.5. The number of nitrogens with one attached hydrogen (secondary N) is 1. The zero-order chi connectivity index (χ0) is 13.4. The van der Waals surface area contributed by atoms with E-state index in [9.17, 15) is 4.79 Å². The Morgan fingerprint density at radius 1 is 1.44 bits per heavy atom. The number of hydrogen-bond donors (Lipinski definition) is 1. The third-order valence-corrected chi connectivity index (χ3v) is 2.50. The second-order valence-corrected chi connectivity index (χ2v) is 4.16. The van der Waals surface area contributed by atoms with Gasteiger partial charge in [0, 0.05) is 26.7 Å². The summed E-state index contributed by atoms with van der Waals surface area (Å²) < 4.78 is 4.96. The van der Waals surface area contributed by atoms with E-state index in [0.29, 0.717) is 13.2 Å². The summed E-state index contributed by atoms with van der Waals surface area (Å²) in [5.41, 5.74) is 0.263. The van der Waals surface area contributed by atoms with Gasteiger partial charge in [0.25, 0.3) is 5.91 Å². The van der Waals surface area contributed by atoms with Crippen LogP contribution in [-0.2, 0) is 4.74 Å². The van der Waals surface area contributed by atoms with Gasteiger partial charge in [0.15, 0.2) is 0 Å². The lowest BCUT2D eigenvalue weighted by atomic mass is 10.4. The van der Waals surface area contributed by atoms with Crippen LogP contribution in [0, 0.1) is 0 Å². The Morgan fingerprint density at radius 3 is 2.83 bits per heavy atom. The van der Waals surface area contributed by atoms with Gasteiger partial charge in [-0.05, 0) is 7.05 Å². The molecule has 0 aliphatic heterocycles. The molecule has 0 atom stereocenters. The monoisotopic (exact) mass is 272 g/mol. The molecule has 100 valence electrons. The summed E-state index contributed by atoms with van der Waals surface area (Å²) in [7, 11) is 3.63. The normalized spacial score (nSPS) is 10.7. The second-order valence-electron chi connectivity index (χ2n) is 3.78. The summed E-state index contributed by atoms with van der Waals surface area (Å²) >= 11 is 5.59. The minimum absolute atomic E-state index is 0.251. The van der Waals surface area contributed by atoms with Crippen LogP contribution < -0.4 is 5.32 Å². The van der Waals surface area contributed by atoms with Crippen LogP contribution in [0.1, 0.15) is 10.5 Å². The SMILES string of the molecule is COCCN(C)CCNC(=O)c1cnc(Cl)cn1. The maximum Gasteiger partial charge on any atom is 0.271 e. The third-order valence-electron chi connectivity index (χ3n) is 2.31. The first-order valence-electron chi connectivity index (χ1n) is 5.56. The molecule has 0 unspecified atom stereocenters. The zero-order valence-corrected chi connectivity index (χ0v) is 11.3. The fourth-order valence-corrected chi connectivity index (χ4v) is 1.34. The molecule has 0 radical (unpaired) electrons. The molecule has 1 N–H and O–H groups in total. The van der Waals surface area contributed by atoms with Crippen LogP contribution in [0.15, 0.2) is 12.4 Å². The van der Waals surface area contributed by atoms with Crippen molar-refractivity contribution in [2.75, 3.05) is 40.4 Å². The molecule has 1 aromatic heterocycles. The van der Waals surface area contributed by atoms with Gasteiger partial charge in [0.2, 0.25) is 0 Å². The molecule has 0 aliphatic carbocycles. The summed E-state index contributed by atoms with van der Waals surface area (Å²) in [6.45, 7) is 2.79. The largest absolute Gasteiger partial charge is 0.383 e. The number of nitrogens with zero attached hydrogens (tertiary/aromatic N) is 3. The Bertz CT molecular complexity index is 372. The van der Waals surface area contributed by atoms with Crippen molar-refractivity contribution in [3.05, 3.63) is 23.2 Å². The van der Waals surface area contributed by atoms with Crippen molar-refractivity contribution in [1.29, 1.82) is 0 Å². The van der Waals surface area contributed by atoms with Crippen molar-refractivity contribution in [2.45, 2.75) is 0 Å². The van der Waals surface area contributed by atoms with Gasteiger partial charge in [-0.1, -0.05) is 11.6 Å². The summed E-state index contributed by atoms with van der Waals surface area (Å²) in [6.07, 6.45) is 2.70. The van der Waals surface area contributed by atoms with Crippen LogP contribution in [-0.4, -0.2) is 61.2 Å². The van der Waals surface area contributed by atoms with E-state index in [0.717, 1.165) is 13.1 Å². The van der Waals surface area contributed by atoms with Gasteiger partial charge in [-0.25, -0.2) is 9.97 Å². The number of ether oxygens (including phenoxy) is 1. The van der Waals surface area contributed by atoms with Gasteiger partial charge < -0.3 is 15.0 Å². The number of methoxy groups -OCH3 is 1. The molecule has 0 aromatic carbocycles. The summed E-state index contributed by atoms with van der Waals surface area (Å²) in [5, 5.41) is 3.03.